The fourth-order valence-corrected chi connectivity index (χ4v) is 2.02. The molecule has 1 aromatic heterocycles. The summed E-state index contributed by atoms with van der Waals surface area (Å²) in [4.78, 5) is 11.5. The molecule has 1 heterocycles. The second-order valence-corrected chi connectivity index (χ2v) is 4.27. The molecule has 0 bridgehead atoms. The minimum atomic E-state index is -0.0269. The Morgan fingerprint density at radius 1 is 1.44 bits per heavy atom. The van der Waals surface area contributed by atoms with Crippen molar-refractivity contribution in [1.29, 1.82) is 0 Å². The van der Waals surface area contributed by atoms with Gasteiger partial charge >= 0.3 is 0 Å². The molecule has 1 fully saturated rings. The highest BCUT2D eigenvalue weighted by Gasteiger charge is 2.15. The number of carbonyl (C=O) groups excluding carboxylic acids is 1. The van der Waals surface area contributed by atoms with E-state index in [0.717, 1.165) is 24.4 Å². The number of carbonyl (C=O) groups is 1. The Bertz CT molecular complexity index is 386. The Morgan fingerprint density at radius 3 is 2.81 bits per heavy atom. The first-order valence-electron chi connectivity index (χ1n) is 5.79. The average molecular weight is 219 g/mol. The summed E-state index contributed by atoms with van der Waals surface area (Å²) in [7, 11) is 0. The third-order valence-electron chi connectivity index (χ3n) is 2.86. The van der Waals surface area contributed by atoms with Gasteiger partial charge in [0.2, 0.25) is 5.91 Å². The van der Waals surface area contributed by atoms with E-state index in [2.05, 4.69) is 5.32 Å². The van der Waals surface area contributed by atoms with Gasteiger partial charge in [-0.15, -0.1) is 0 Å². The summed E-state index contributed by atoms with van der Waals surface area (Å²) >= 11 is 0. The number of amides is 1. The molecule has 16 heavy (non-hydrogen) atoms. The molecule has 1 aliphatic rings. The van der Waals surface area contributed by atoms with E-state index in [1.165, 1.54) is 18.9 Å². The molecule has 0 aromatic carbocycles. The Hall–Kier alpha value is -1.51. The summed E-state index contributed by atoms with van der Waals surface area (Å²) in [5.41, 5.74) is 0. The minimum absolute atomic E-state index is 0.0269. The zero-order chi connectivity index (χ0) is 11.4. The molecule has 0 spiro atoms. The molecule has 1 amide bonds. The molecule has 0 unspecified atom stereocenters. The first kappa shape index (κ1) is 11.0. The highest BCUT2D eigenvalue weighted by molar-refractivity contribution is 5.91. The summed E-state index contributed by atoms with van der Waals surface area (Å²) in [5.74, 6) is 1.55. The molecular weight excluding hydrogens is 202 g/mol. The lowest BCUT2D eigenvalue weighted by Crippen LogP contribution is -2.30. The van der Waals surface area contributed by atoms with Crippen molar-refractivity contribution in [1.82, 2.24) is 5.32 Å². The van der Waals surface area contributed by atoms with Gasteiger partial charge in [0.25, 0.3) is 0 Å². The summed E-state index contributed by atoms with van der Waals surface area (Å²) in [6.45, 7) is 1.88. The number of rotatable bonds is 3. The van der Waals surface area contributed by atoms with Gasteiger partial charge < -0.3 is 9.73 Å². The van der Waals surface area contributed by atoms with Crippen LogP contribution in [0.1, 0.15) is 37.2 Å². The van der Waals surface area contributed by atoms with Crippen molar-refractivity contribution in [3.05, 3.63) is 29.7 Å². The topological polar surface area (TPSA) is 42.2 Å². The van der Waals surface area contributed by atoms with E-state index < -0.39 is 0 Å². The lowest BCUT2D eigenvalue weighted by atomic mass is 10.2. The summed E-state index contributed by atoms with van der Waals surface area (Å²) < 4.78 is 5.34. The molecular formula is C13H17NO2. The minimum Gasteiger partial charge on any atom is -0.462 e. The van der Waals surface area contributed by atoms with Crippen LogP contribution in [-0.2, 0) is 4.79 Å². The predicted octanol–water partition coefficient (Wildman–Crippen LogP) is 2.66. The summed E-state index contributed by atoms with van der Waals surface area (Å²) in [6.07, 6.45) is 7.92. The number of aryl methyl sites for hydroxylation is 1. The van der Waals surface area contributed by atoms with Crippen LogP contribution in [0.3, 0.4) is 0 Å². The van der Waals surface area contributed by atoms with Crippen LogP contribution in [0.4, 0.5) is 0 Å². The Labute approximate surface area is 95.5 Å². The van der Waals surface area contributed by atoms with Crippen LogP contribution < -0.4 is 5.32 Å². The molecule has 0 aliphatic heterocycles. The van der Waals surface area contributed by atoms with E-state index in [4.69, 9.17) is 4.42 Å². The average Bonchev–Trinajstić information content (AvgIpc) is 2.87. The Morgan fingerprint density at radius 2 is 2.19 bits per heavy atom. The van der Waals surface area contributed by atoms with E-state index in [1.807, 2.05) is 19.1 Å². The van der Waals surface area contributed by atoms with Crippen LogP contribution in [0, 0.1) is 6.92 Å². The van der Waals surface area contributed by atoms with Crippen molar-refractivity contribution in [3.63, 3.8) is 0 Å². The molecule has 2 rings (SSSR count). The highest BCUT2D eigenvalue weighted by Crippen LogP contribution is 2.17. The lowest BCUT2D eigenvalue weighted by molar-refractivity contribution is -0.117. The number of hydrogen-bond donors (Lipinski definition) is 1. The van der Waals surface area contributed by atoms with Crippen molar-refractivity contribution in [2.24, 2.45) is 0 Å². The number of hydrogen-bond acceptors (Lipinski definition) is 2. The quantitative estimate of drug-likeness (QED) is 0.794. The zero-order valence-corrected chi connectivity index (χ0v) is 9.53. The Kier molecular flexibility index (Phi) is 3.44. The SMILES string of the molecule is Cc1ccc(/C=C\C(=O)NC2CCCC2)o1. The van der Waals surface area contributed by atoms with Gasteiger partial charge in [-0.25, -0.2) is 0 Å². The maximum atomic E-state index is 11.5. The molecule has 0 atom stereocenters. The van der Waals surface area contributed by atoms with Gasteiger partial charge in [-0.05, 0) is 38.0 Å². The third kappa shape index (κ3) is 2.99. The van der Waals surface area contributed by atoms with Gasteiger partial charge in [0, 0.05) is 12.1 Å². The maximum Gasteiger partial charge on any atom is 0.244 e. The van der Waals surface area contributed by atoms with Gasteiger partial charge in [-0.1, -0.05) is 12.8 Å². The zero-order valence-electron chi connectivity index (χ0n) is 9.53. The molecule has 1 aliphatic carbocycles. The first-order valence-corrected chi connectivity index (χ1v) is 5.79. The van der Waals surface area contributed by atoms with Gasteiger partial charge in [0.1, 0.15) is 11.5 Å². The highest BCUT2D eigenvalue weighted by atomic mass is 16.3. The standard InChI is InChI=1S/C13H17NO2/c1-10-6-7-12(16-10)8-9-13(15)14-11-4-2-3-5-11/h6-9,11H,2-5H2,1H3,(H,14,15)/b9-8-. The van der Waals surface area contributed by atoms with E-state index >= 15 is 0 Å². The normalized spacial score (nSPS) is 17.1. The molecule has 3 nitrogen and oxygen atoms in total. The fraction of sp³-hybridized carbons (Fsp3) is 0.462. The summed E-state index contributed by atoms with van der Waals surface area (Å²) in [6, 6.07) is 4.11. The van der Waals surface area contributed by atoms with Crippen molar-refractivity contribution in [2.45, 2.75) is 38.6 Å². The monoisotopic (exact) mass is 219 g/mol. The fourth-order valence-electron chi connectivity index (χ4n) is 2.02. The van der Waals surface area contributed by atoms with Crippen molar-refractivity contribution < 1.29 is 9.21 Å². The molecule has 1 N–H and O–H groups in total. The van der Waals surface area contributed by atoms with E-state index in [1.54, 1.807) is 6.08 Å². The second-order valence-electron chi connectivity index (χ2n) is 4.27. The largest absolute Gasteiger partial charge is 0.462 e. The van der Waals surface area contributed by atoms with Crippen LogP contribution in [-0.4, -0.2) is 11.9 Å². The Balaban J connectivity index is 1.84. The van der Waals surface area contributed by atoms with Crippen molar-refractivity contribution in [3.8, 4) is 0 Å². The van der Waals surface area contributed by atoms with Crippen LogP contribution in [0.5, 0.6) is 0 Å². The van der Waals surface area contributed by atoms with Crippen LogP contribution >= 0.6 is 0 Å². The third-order valence-corrected chi connectivity index (χ3v) is 2.86. The number of nitrogens with one attached hydrogen (secondary N) is 1. The molecule has 0 radical (unpaired) electrons. The van der Waals surface area contributed by atoms with E-state index in [9.17, 15) is 4.79 Å². The van der Waals surface area contributed by atoms with Crippen molar-refractivity contribution in [2.75, 3.05) is 0 Å². The van der Waals surface area contributed by atoms with Gasteiger partial charge in [0.05, 0.1) is 0 Å². The van der Waals surface area contributed by atoms with E-state index in [0.29, 0.717) is 6.04 Å². The van der Waals surface area contributed by atoms with Gasteiger partial charge in [-0.2, -0.15) is 0 Å². The van der Waals surface area contributed by atoms with Crippen LogP contribution in [0.15, 0.2) is 22.6 Å². The first-order chi connectivity index (χ1) is 7.74. The predicted molar refractivity (Wildman–Crippen MR) is 62.9 cm³/mol. The molecule has 0 saturated heterocycles. The summed E-state index contributed by atoms with van der Waals surface area (Å²) in [5, 5.41) is 2.99. The van der Waals surface area contributed by atoms with Crippen LogP contribution in [0.2, 0.25) is 0 Å². The van der Waals surface area contributed by atoms with Gasteiger partial charge in [0.15, 0.2) is 0 Å². The molecule has 86 valence electrons. The number of furan rings is 1. The molecule has 3 heteroatoms. The van der Waals surface area contributed by atoms with Crippen LogP contribution in [0.25, 0.3) is 6.08 Å². The smallest absolute Gasteiger partial charge is 0.244 e. The lowest BCUT2D eigenvalue weighted by Gasteiger charge is -2.08. The second kappa shape index (κ2) is 5.01. The van der Waals surface area contributed by atoms with Gasteiger partial charge in [-0.3, -0.25) is 4.79 Å². The molecule has 1 aromatic rings. The maximum absolute atomic E-state index is 11.5. The van der Waals surface area contributed by atoms with Crippen molar-refractivity contribution >= 4 is 12.0 Å². The molecule has 1 saturated carbocycles. The van der Waals surface area contributed by atoms with E-state index in [-0.39, 0.29) is 5.91 Å².